The molecular weight excluding hydrogens is 560 g/mol. The van der Waals surface area contributed by atoms with Gasteiger partial charge in [0, 0.05) is 12.3 Å². The van der Waals surface area contributed by atoms with E-state index in [-0.39, 0.29) is 24.4 Å². The van der Waals surface area contributed by atoms with Gasteiger partial charge in [-0.25, -0.2) is 14.4 Å². The number of ether oxygens (including phenoxy) is 3. The Morgan fingerprint density at radius 1 is 1.00 bits per heavy atom. The van der Waals surface area contributed by atoms with Gasteiger partial charge in [-0.2, -0.15) is 0 Å². The second-order valence-electron chi connectivity index (χ2n) is 12.0. The quantitative estimate of drug-likeness (QED) is 0.173. The summed E-state index contributed by atoms with van der Waals surface area (Å²) in [5.74, 6) is -2.68. The fourth-order valence-electron chi connectivity index (χ4n) is 3.61. The van der Waals surface area contributed by atoms with Crippen LogP contribution in [-0.2, 0) is 39.9 Å². The Kier molecular flexibility index (Phi) is 14.1. The molecule has 1 unspecified atom stereocenters. The van der Waals surface area contributed by atoms with Crippen molar-refractivity contribution in [2.45, 2.75) is 104 Å². The molecule has 0 spiro atoms. The normalized spacial score (nSPS) is 13.8. The van der Waals surface area contributed by atoms with Gasteiger partial charge < -0.3 is 34.7 Å². The van der Waals surface area contributed by atoms with Crippen molar-refractivity contribution in [2.75, 3.05) is 12.4 Å². The number of pyridine rings is 1. The Hall–Kier alpha value is -4.16. The zero-order chi connectivity index (χ0) is 33.0. The van der Waals surface area contributed by atoms with Crippen molar-refractivity contribution in [1.29, 1.82) is 0 Å². The summed E-state index contributed by atoms with van der Waals surface area (Å²) in [5.41, 5.74) is -2.37. The van der Waals surface area contributed by atoms with Crippen molar-refractivity contribution in [2.24, 2.45) is 5.92 Å². The van der Waals surface area contributed by atoms with E-state index < -0.39 is 65.2 Å². The minimum atomic E-state index is -1.13. The van der Waals surface area contributed by atoms with Crippen molar-refractivity contribution in [3.05, 3.63) is 40.8 Å². The highest BCUT2D eigenvalue weighted by atomic mass is 16.6. The molecular formula is C30H46N4O9. The maximum atomic E-state index is 13.2. The summed E-state index contributed by atoms with van der Waals surface area (Å²) in [7, 11) is 1.23. The van der Waals surface area contributed by atoms with E-state index in [9.17, 15) is 28.8 Å². The van der Waals surface area contributed by atoms with Crippen molar-refractivity contribution in [3.8, 4) is 0 Å². The van der Waals surface area contributed by atoms with Crippen molar-refractivity contribution >= 4 is 35.5 Å². The van der Waals surface area contributed by atoms with Crippen LogP contribution in [-0.4, -0.2) is 64.8 Å². The zero-order valence-electron chi connectivity index (χ0n) is 26.6. The Bertz CT molecular complexity index is 1230. The number of nitrogens with zero attached hydrogens (tertiary/aromatic N) is 1. The van der Waals surface area contributed by atoms with Gasteiger partial charge in [-0.3, -0.25) is 14.4 Å². The number of methoxy groups -OCH3 is 1. The highest BCUT2D eigenvalue weighted by Crippen LogP contribution is 2.15. The predicted molar refractivity (Wildman–Crippen MR) is 160 cm³/mol. The van der Waals surface area contributed by atoms with E-state index in [2.05, 4.69) is 20.7 Å². The molecule has 3 atom stereocenters. The number of esters is 2. The summed E-state index contributed by atoms with van der Waals surface area (Å²) in [5, 5.41) is 7.65. The number of allylic oxidation sites excluding steroid dienone is 1. The van der Waals surface area contributed by atoms with Gasteiger partial charge in [-0.15, -0.1) is 0 Å². The minimum absolute atomic E-state index is 0.0731. The fourth-order valence-corrected chi connectivity index (χ4v) is 3.61. The number of carbonyl (C=O) groups excluding carboxylic acids is 5. The van der Waals surface area contributed by atoms with E-state index in [0.29, 0.717) is 6.42 Å². The monoisotopic (exact) mass is 606 g/mol. The molecule has 13 heteroatoms. The molecule has 0 bridgehead atoms. The van der Waals surface area contributed by atoms with Crippen molar-refractivity contribution in [1.82, 2.24) is 15.2 Å². The molecule has 0 aliphatic rings. The first kappa shape index (κ1) is 36.9. The van der Waals surface area contributed by atoms with E-state index in [0.717, 1.165) is 4.57 Å². The molecule has 0 radical (unpaired) electrons. The van der Waals surface area contributed by atoms with Gasteiger partial charge in [0.15, 0.2) is 0 Å². The molecule has 3 N–H and O–H groups in total. The van der Waals surface area contributed by atoms with Crippen LogP contribution in [0.4, 0.5) is 10.5 Å². The molecule has 0 saturated heterocycles. The van der Waals surface area contributed by atoms with E-state index in [1.54, 1.807) is 41.5 Å². The van der Waals surface area contributed by atoms with Crippen LogP contribution in [0.5, 0.6) is 0 Å². The number of alkyl carbamates (subject to hydrolysis) is 1. The summed E-state index contributed by atoms with van der Waals surface area (Å²) >= 11 is 0. The molecule has 1 heterocycles. The van der Waals surface area contributed by atoms with E-state index in [1.165, 1.54) is 37.6 Å². The van der Waals surface area contributed by atoms with Gasteiger partial charge in [0.05, 0.1) is 7.11 Å². The standard InChI is InChI=1S/C30H46N4O9/c1-10-19(2)24(27(39)42-29(3,4)5)33-22(35)18-34-17-13-15-21(26(34)38)31-25(37)20(14-11-12-16-23(36)41-9)32-28(40)43-30(6,7)8/h12-13,15-17,19-20,24H,10-11,14,18H2,1-9H3,(H,31,37)(H,32,40)(H,33,35)/b16-12+/t19?,20-,24-/m0/s1. The smallest absolute Gasteiger partial charge is 0.408 e. The molecule has 1 aromatic heterocycles. The second kappa shape index (κ2) is 16.5. The van der Waals surface area contributed by atoms with Gasteiger partial charge in [0.2, 0.25) is 11.8 Å². The van der Waals surface area contributed by atoms with Crippen LogP contribution >= 0.6 is 0 Å². The van der Waals surface area contributed by atoms with Crippen LogP contribution in [0.25, 0.3) is 0 Å². The third-order valence-electron chi connectivity index (χ3n) is 5.87. The molecule has 3 amide bonds. The third kappa shape index (κ3) is 14.0. The molecule has 13 nitrogen and oxygen atoms in total. The van der Waals surface area contributed by atoms with Gasteiger partial charge in [0.25, 0.3) is 5.56 Å². The molecule has 43 heavy (non-hydrogen) atoms. The van der Waals surface area contributed by atoms with Crippen LogP contribution in [0.3, 0.4) is 0 Å². The summed E-state index contributed by atoms with van der Waals surface area (Å²) in [6.07, 6.45) is 4.10. The molecule has 240 valence electrons. The molecule has 1 rings (SSSR count). The highest BCUT2D eigenvalue weighted by molar-refractivity contribution is 5.96. The first-order valence-electron chi connectivity index (χ1n) is 14.1. The number of rotatable bonds is 13. The summed E-state index contributed by atoms with van der Waals surface area (Å²) < 4.78 is 16.3. The van der Waals surface area contributed by atoms with Crippen LogP contribution in [0.15, 0.2) is 35.3 Å². The first-order valence-corrected chi connectivity index (χ1v) is 14.1. The lowest BCUT2D eigenvalue weighted by atomic mass is 9.99. The first-order chi connectivity index (χ1) is 19.9. The van der Waals surface area contributed by atoms with Gasteiger partial charge in [0.1, 0.15) is 35.5 Å². The Balaban J connectivity index is 3.09. The Morgan fingerprint density at radius 3 is 2.19 bits per heavy atom. The summed E-state index contributed by atoms with van der Waals surface area (Å²) in [6.45, 7) is 13.5. The number of hydrogen-bond acceptors (Lipinski definition) is 9. The molecule has 1 aromatic rings. The van der Waals surface area contributed by atoms with Gasteiger partial charge in [-0.1, -0.05) is 26.3 Å². The lowest BCUT2D eigenvalue weighted by Gasteiger charge is -2.27. The number of anilines is 1. The number of aromatic nitrogens is 1. The van der Waals surface area contributed by atoms with Crippen molar-refractivity contribution in [3.63, 3.8) is 0 Å². The molecule has 0 aromatic carbocycles. The zero-order valence-corrected chi connectivity index (χ0v) is 26.6. The van der Waals surface area contributed by atoms with Crippen molar-refractivity contribution < 1.29 is 38.2 Å². The molecule has 0 aliphatic carbocycles. The number of nitrogens with one attached hydrogen (secondary N) is 3. The average Bonchev–Trinajstić information content (AvgIpc) is 2.88. The maximum Gasteiger partial charge on any atom is 0.408 e. The van der Waals surface area contributed by atoms with Gasteiger partial charge in [-0.05, 0) is 72.4 Å². The van der Waals surface area contributed by atoms with Crippen LogP contribution < -0.4 is 21.5 Å². The Morgan fingerprint density at radius 2 is 1.63 bits per heavy atom. The van der Waals surface area contributed by atoms with Crippen LogP contribution in [0, 0.1) is 5.92 Å². The highest BCUT2D eigenvalue weighted by Gasteiger charge is 2.31. The fraction of sp³-hybridized carbons (Fsp3) is 0.600. The van der Waals surface area contributed by atoms with Crippen LogP contribution in [0.1, 0.15) is 74.7 Å². The van der Waals surface area contributed by atoms with E-state index in [4.69, 9.17) is 9.47 Å². The lowest BCUT2D eigenvalue weighted by Crippen LogP contribution is -2.49. The lowest BCUT2D eigenvalue weighted by molar-refractivity contribution is -0.160. The minimum Gasteiger partial charge on any atom is -0.466 e. The number of carbonyl (C=O) groups is 5. The second-order valence-corrected chi connectivity index (χ2v) is 12.0. The van der Waals surface area contributed by atoms with E-state index >= 15 is 0 Å². The third-order valence-corrected chi connectivity index (χ3v) is 5.87. The summed E-state index contributed by atoms with van der Waals surface area (Å²) in [6, 6.07) is 0.792. The predicted octanol–water partition coefficient (Wildman–Crippen LogP) is 3.06. The topological polar surface area (TPSA) is 171 Å². The Labute approximate surface area is 252 Å². The molecule has 0 aliphatic heterocycles. The largest absolute Gasteiger partial charge is 0.466 e. The summed E-state index contributed by atoms with van der Waals surface area (Å²) in [4.78, 5) is 75.6. The molecule has 0 saturated carbocycles. The maximum absolute atomic E-state index is 13.2. The van der Waals surface area contributed by atoms with E-state index in [1.807, 2.05) is 13.8 Å². The number of amides is 3. The SMILES string of the molecule is CCC(C)[C@H](NC(=O)Cn1cccc(NC(=O)[C@H](CC/C=C/C(=O)OC)NC(=O)OC(C)(C)C)c1=O)C(=O)OC(C)(C)C. The molecule has 0 fully saturated rings. The van der Waals surface area contributed by atoms with Crippen LogP contribution in [0.2, 0.25) is 0 Å². The number of hydrogen-bond donors (Lipinski definition) is 3. The average molecular weight is 607 g/mol. The van der Waals surface area contributed by atoms with Gasteiger partial charge >= 0.3 is 18.0 Å².